The smallest absolute Gasteiger partial charge is 0.293 e. The maximum Gasteiger partial charge on any atom is 0.293 e. The van der Waals surface area contributed by atoms with Crippen molar-refractivity contribution in [3.05, 3.63) is 22.7 Å². The highest BCUT2D eigenvalue weighted by Gasteiger charge is 2.19. The highest BCUT2D eigenvalue weighted by Crippen LogP contribution is 2.08. The van der Waals surface area contributed by atoms with Crippen LogP contribution in [-0.4, -0.2) is 53.7 Å². The van der Waals surface area contributed by atoms with Crippen molar-refractivity contribution >= 4 is 5.82 Å². The molecule has 0 aliphatic carbocycles. The monoisotopic (exact) mass is 251 g/mol. The molecule has 18 heavy (non-hydrogen) atoms. The summed E-state index contributed by atoms with van der Waals surface area (Å²) in [5, 5.41) is 0. The number of hydrogen-bond acceptors (Lipinski definition) is 5. The standard InChI is InChI=1S/C12H21N5O/c1-15-6-4-14-11(12(15)18)17-9-7-16(8-10-17)5-2-3-13/h4,6H,2-3,5,7-10,13H2,1H3. The number of hydrogen-bond donors (Lipinski definition) is 1. The molecule has 0 saturated carbocycles. The molecule has 0 spiro atoms. The van der Waals surface area contributed by atoms with Crippen LogP contribution in [0.25, 0.3) is 0 Å². The summed E-state index contributed by atoms with van der Waals surface area (Å²) in [6.07, 6.45) is 4.40. The van der Waals surface area contributed by atoms with E-state index in [4.69, 9.17) is 5.73 Å². The van der Waals surface area contributed by atoms with Gasteiger partial charge in [-0.2, -0.15) is 0 Å². The molecule has 6 nitrogen and oxygen atoms in total. The highest BCUT2D eigenvalue weighted by atomic mass is 16.1. The van der Waals surface area contributed by atoms with Crippen molar-refractivity contribution in [1.29, 1.82) is 0 Å². The number of nitrogens with two attached hydrogens (primary N) is 1. The molecule has 0 aromatic carbocycles. The van der Waals surface area contributed by atoms with Crippen molar-refractivity contribution in [1.82, 2.24) is 14.5 Å². The normalized spacial score (nSPS) is 17.1. The second-order valence-corrected chi connectivity index (χ2v) is 4.64. The number of rotatable bonds is 4. The number of anilines is 1. The molecule has 2 heterocycles. The lowest BCUT2D eigenvalue weighted by Crippen LogP contribution is -2.48. The van der Waals surface area contributed by atoms with Crippen molar-refractivity contribution in [3.63, 3.8) is 0 Å². The summed E-state index contributed by atoms with van der Waals surface area (Å²) in [4.78, 5) is 20.6. The van der Waals surface area contributed by atoms with Crippen molar-refractivity contribution < 1.29 is 0 Å². The van der Waals surface area contributed by atoms with Crippen LogP contribution < -0.4 is 16.2 Å². The number of aryl methyl sites for hydroxylation is 1. The minimum absolute atomic E-state index is 0.0205. The lowest BCUT2D eigenvalue weighted by atomic mass is 10.3. The summed E-state index contributed by atoms with van der Waals surface area (Å²) in [5.41, 5.74) is 5.49. The second-order valence-electron chi connectivity index (χ2n) is 4.64. The molecule has 1 aliphatic rings. The van der Waals surface area contributed by atoms with Crippen LogP contribution in [0.3, 0.4) is 0 Å². The minimum atomic E-state index is -0.0205. The fourth-order valence-electron chi connectivity index (χ4n) is 2.20. The summed E-state index contributed by atoms with van der Waals surface area (Å²) in [7, 11) is 1.75. The van der Waals surface area contributed by atoms with Gasteiger partial charge in [0.15, 0.2) is 5.82 Å². The van der Waals surface area contributed by atoms with E-state index in [1.165, 1.54) is 0 Å². The van der Waals surface area contributed by atoms with Crippen LogP contribution in [0, 0.1) is 0 Å². The van der Waals surface area contributed by atoms with Crippen LogP contribution in [0.2, 0.25) is 0 Å². The van der Waals surface area contributed by atoms with Gasteiger partial charge in [0.1, 0.15) is 0 Å². The molecule has 0 unspecified atom stereocenters. The molecule has 6 heteroatoms. The van der Waals surface area contributed by atoms with E-state index < -0.39 is 0 Å². The van der Waals surface area contributed by atoms with E-state index in [0.29, 0.717) is 5.82 Å². The first-order chi connectivity index (χ1) is 8.72. The first-order valence-corrected chi connectivity index (χ1v) is 6.41. The molecule has 0 amide bonds. The Kier molecular flexibility index (Phi) is 4.33. The van der Waals surface area contributed by atoms with E-state index >= 15 is 0 Å². The molecular weight excluding hydrogens is 230 g/mol. The SMILES string of the molecule is Cn1ccnc(N2CCN(CCCN)CC2)c1=O. The molecule has 100 valence electrons. The van der Waals surface area contributed by atoms with E-state index in [0.717, 1.165) is 45.7 Å². The fourth-order valence-corrected chi connectivity index (χ4v) is 2.20. The summed E-state index contributed by atoms with van der Waals surface area (Å²) >= 11 is 0. The Labute approximate surface area is 107 Å². The zero-order chi connectivity index (χ0) is 13.0. The Morgan fingerprint density at radius 1 is 1.33 bits per heavy atom. The molecule has 0 atom stereocenters. The van der Waals surface area contributed by atoms with Crippen LogP contribution >= 0.6 is 0 Å². The lowest BCUT2D eigenvalue weighted by molar-refractivity contribution is 0.255. The second kappa shape index (κ2) is 5.97. The largest absolute Gasteiger partial charge is 0.349 e. The van der Waals surface area contributed by atoms with E-state index in [1.807, 2.05) is 0 Å². The van der Waals surface area contributed by atoms with E-state index in [-0.39, 0.29) is 5.56 Å². The van der Waals surface area contributed by atoms with Gasteiger partial charge < -0.3 is 15.2 Å². The summed E-state index contributed by atoms with van der Waals surface area (Å²) in [5.74, 6) is 0.568. The highest BCUT2D eigenvalue weighted by molar-refractivity contribution is 5.36. The minimum Gasteiger partial charge on any atom is -0.349 e. The van der Waals surface area contributed by atoms with Gasteiger partial charge >= 0.3 is 0 Å². The molecule has 0 radical (unpaired) electrons. The van der Waals surface area contributed by atoms with Crippen molar-refractivity contribution in [2.24, 2.45) is 12.8 Å². The average molecular weight is 251 g/mol. The quantitative estimate of drug-likeness (QED) is 0.763. The molecule has 1 aliphatic heterocycles. The van der Waals surface area contributed by atoms with Crippen LogP contribution in [-0.2, 0) is 7.05 Å². The Balaban J connectivity index is 1.97. The maximum absolute atomic E-state index is 12.0. The topological polar surface area (TPSA) is 67.4 Å². The number of aromatic nitrogens is 2. The Morgan fingerprint density at radius 2 is 2.06 bits per heavy atom. The molecule has 2 N–H and O–H groups in total. The van der Waals surface area contributed by atoms with Gasteiger partial charge in [-0.3, -0.25) is 9.69 Å². The molecule has 2 rings (SSSR count). The first-order valence-electron chi connectivity index (χ1n) is 6.41. The molecule has 1 aromatic heterocycles. The fraction of sp³-hybridized carbons (Fsp3) is 0.667. The van der Waals surface area contributed by atoms with Crippen LogP contribution in [0.15, 0.2) is 17.2 Å². The molecule has 1 aromatic rings. The van der Waals surface area contributed by atoms with Crippen molar-refractivity contribution in [2.75, 3.05) is 44.2 Å². The maximum atomic E-state index is 12.0. The first kappa shape index (κ1) is 13.0. The van der Waals surface area contributed by atoms with Gasteiger partial charge in [-0.25, -0.2) is 4.98 Å². The summed E-state index contributed by atoms with van der Waals surface area (Å²) < 4.78 is 1.57. The predicted molar refractivity (Wildman–Crippen MR) is 71.8 cm³/mol. The molecule has 1 saturated heterocycles. The van der Waals surface area contributed by atoms with E-state index in [9.17, 15) is 4.79 Å². The van der Waals surface area contributed by atoms with Gasteiger partial charge in [-0.15, -0.1) is 0 Å². The number of piperazine rings is 1. The summed E-state index contributed by atoms with van der Waals surface area (Å²) in [6.45, 7) is 5.44. The third-order valence-electron chi connectivity index (χ3n) is 3.35. The Hall–Kier alpha value is -1.40. The van der Waals surface area contributed by atoms with Gasteiger partial charge in [0.05, 0.1) is 0 Å². The lowest BCUT2D eigenvalue weighted by Gasteiger charge is -2.34. The Bertz CT molecular complexity index is 436. The predicted octanol–water partition coefficient (Wildman–Crippen LogP) is -0.749. The van der Waals surface area contributed by atoms with Gasteiger partial charge in [-0.1, -0.05) is 0 Å². The Morgan fingerprint density at radius 3 is 2.72 bits per heavy atom. The average Bonchev–Trinajstić information content (AvgIpc) is 2.40. The molecular formula is C12H21N5O. The van der Waals surface area contributed by atoms with Crippen molar-refractivity contribution in [3.8, 4) is 0 Å². The van der Waals surface area contributed by atoms with Crippen LogP contribution in [0.1, 0.15) is 6.42 Å². The summed E-state index contributed by atoms with van der Waals surface area (Å²) in [6, 6.07) is 0. The molecule has 1 fully saturated rings. The third-order valence-corrected chi connectivity index (χ3v) is 3.35. The van der Waals surface area contributed by atoms with Crippen LogP contribution in [0.4, 0.5) is 5.82 Å². The van der Waals surface area contributed by atoms with Gasteiger partial charge in [0.25, 0.3) is 5.56 Å². The zero-order valence-corrected chi connectivity index (χ0v) is 10.9. The third kappa shape index (κ3) is 2.88. The number of nitrogens with zero attached hydrogens (tertiary/aromatic N) is 4. The molecule has 0 bridgehead atoms. The van der Waals surface area contributed by atoms with Crippen LogP contribution in [0.5, 0.6) is 0 Å². The van der Waals surface area contributed by atoms with Gasteiger partial charge in [-0.05, 0) is 19.5 Å². The van der Waals surface area contributed by atoms with E-state index in [2.05, 4.69) is 14.8 Å². The van der Waals surface area contributed by atoms with Crippen molar-refractivity contribution in [2.45, 2.75) is 6.42 Å². The zero-order valence-electron chi connectivity index (χ0n) is 10.9. The van der Waals surface area contributed by atoms with Gasteiger partial charge in [0, 0.05) is 45.6 Å². The van der Waals surface area contributed by atoms with Gasteiger partial charge in [0.2, 0.25) is 0 Å². The van der Waals surface area contributed by atoms with E-state index in [1.54, 1.807) is 24.0 Å².